The molecule has 0 spiro atoms. The van der Waals surface area contributed by atoms with E-state index in [1.54, 1.807) is 30.3 Å². The van der Waals surface area contributed by atoms with Crippen LogP contribution in [0.4, 0.5) is 0 Å². The highest BCUT2D eigenvalue weighted by Crippen LogP contribution is 2.18. The molecule has 1 aliphatic rings. The van der Waals surface area contributed by atoms with Crippen molar-refractivity contribution in [1.82, 2.24) is 15.5 Å². The second-order valence-electron chi connectivity index (χ2n) is 7.80. The molecule has 0 radical (unpaired) electrons. The lowest BCUT2D eigenvalue weighted by atomic mass is 10.00. The number of hydrogen-bond donors (Lipinski definition) is 2. The number of carbonyl (C=O) groups is 2. The quantitative estimate of drug-likeness (QED) is 0.406. The predicted octanol–water partition coefficient (Wildman–Crippen LogP) is 4.08. The first-order valence-electron chi connectivity index (χ1n) is 10.9. The first-order chi connectivity index (χ1) is 15.7. The highest BCUT2D eigenvalue weighted by atomic mass is 32.1. The van der Waals surface area contributed by atoms with E-state index in [-0.39, 0.29) is 17.5 Å². The van der Waals surface area contributed by atoms with Crippen molar-refractivity contribution >= 4 is 29.2 Å². The Kier molecular flexibility index (Phi) is 7.48. The third-order valence-electron chi connectivity index (χ3n) is 5.50. The molecule has 0 fully saturated rings. The Bertz CT molecular complexity index is 1080. The number of amides is 2. The molecule has 1 aliphatic heterocycles. The summed E-state index contributed by atoms with van der Waals surface area (Å²) in [5, 5.41) is 7.69. The number of hydrogen-bond acceptors (Lipinski definition) is 4. The maximum atomic E-state index is 12.8. The Morgan fingerprint density at radius 3 is 2.53 bits per heavy atom. The van der Waals surface area contributed by atoms with Gasteiger partial charge in [-0.1, -0.05) is 48.5 Å². The highest BCUT2D eigenvalue weighted by molar-refractivity contribution is 7.10. The number of carbonyl (C=O) groups excluding carboxylic acids is 2. The van der Waals surface area contributed by atoms with Crippen molar-refractivity contribution in [2.45, 2.75) is 19.4 Å². The molecule has 6 heteroatoms. The van der Waals surface area contributed by atoms with Gasteiger partial charge in [0.05, 0.1) is 0 Å². The van der Waals surface area contributed by atoms with Gasteiger partial charge in [0.1, 0.15) is 5.70 Å². The third-order valence-corrected chi connectivity index (χ3v) is 6.32. The maximum absolute atomic E-state index is 12.8. The summed E-state index contributed by atoms with van der Waals surface area (Å²) in [5.41, 5.74) is 3.61. The molecule has 0 aliphatic carbocycles. The maximum Gasteiger partial charge on any atom is 0.267 e. The normalized spacial score (nSPS) is 13.9. The van der Waals surface area contributed by atoms with Gasteiger partial charge >= 0.3 is 0 Å². The van der Waals surface area contributed by atoms with Crippen molar-refractivity contribution in [3.05, 3.63) is 99.4 Å². The first-order valence-corrected chi connectivity index (χ1v) is 11.8. The lowest BCUT2D eigenvalue weighted by Gasteiger charge is -2.28. The molecule has 2 heterocycles. The Morgan fingerprint density at radius 2 is 1.75 bits per heavy atom. The SMILES string of the molecule is O=C(NCCCN1CCc2ccccc2C1)/C(=C/c1cccs1)NC(=O)c1ccccc1. The van der Waals surface area contributed by atoms with E-state index in [0.717, 1.165) is 37.4 Å². The van der Waals surface area contributed by atoms with Crippen molar-refractivity contribution in [3.8, 4) is 0 Å². The molecular weight excluding hydrogens is 418 g/mol. The number of thiophene rings is 1. The van der Waals surface area contributed by atoms with Crippen LogP contribution in [0.25, 0.3) is 6.08 Å². The second kappa shape index (κ2) is 10.9. The van der Waals surface area contributed by atoms with Crippen molar-refractivity contribution in [2.75, 3.05) is 19.6 Å². The van der Waals surface area contributed by atoms with Gasteiger partial charge in [-0.15, -0.1) is 11.3 Å². The van der Waals surface area contributed by atoms with Crippen LogP contribution in [-0.4, -0.2) is 36.3 Å². The average molecular weight is 446 g/mol. The van der Waals surface area contributed by atoms with Crippen LogP contribution in [0.15, 0.2) is 77.8 Å². The summed E-state index contributed by atoms with van der Waals surface area (Å²) >= 11 is 1.52. The van der Waals surface area contributed by atoms with Crippen LogP contribution in [0.1, 0.15) is 32.8 Å². The molecule has 0 unspecified atom stereocenters. The summed E-state index contributed by atoms with van der Waals surface area (Å²) in [4.78, 5) is 28.8. The number of fused-ring (bicyclic) bond motifs is 1. The number of nitrogens with one attached hydrogen (secondary N) is 2. The van der Waals surface area contributed by atoms with E-state index in [4.69, 9.17) is 0 Å². The van der Waals surface area contributed by atoms with E-state index in [1.165, 1.54) is 22.5 Å². The van der Waals surface area contributed by atoms with Crippen LogP contribution in [-0.2, 0) is 17.8 Å². The monoisotopic (exact) mass is 445 g/mol. The minimum atomic E-state index is -0.296. The molecule has 2 aromatic carbocycles. The Morgan fingerprint density at radius 1 is 0.969 bits per heavy atom. The number of rotatable bonds is 8. The summed E-state index contributed by atoms with van der Waals surface area (Å²) in [7, 11) is 0. The lowest BCUT2D eigenvalue weighted by Crippen LogP contribution is -2.37. The van der Waals surface area contributed by atoms with Crippen molar-refractivity contribution < 1.29 is 9.59 Å². The zero-order valence-corrected chi connectivity index (χ0v) is 18.7. The molecule has 4 rings (SSSR count). The summed E-state index contributed by atoms with van der Waals surface area (Å²) in [6.45, 7) is 3.48. The fourth-order valence-electron chi connectivity index (χ4n) is 3.80. The van der Waals surface area contributed by atoms with E-state index in [1.807, 2.05) is 23.6 Å². The Labute approximate surface area is 192 Å². The van der Waals surface area contributed by atoms with Gasteiger partial charge in [0.15, 0.2) is 0 Å². The minimum absolute atomic E-state index is 0.258. The second-order valence-corrected chi connectivity index (χ2v) is 8.78. The standard InChI is InChI=1S/C26H27N3O2S/c30-25(21-9-2-1-3-10-21)28-24(18-23-12-6-17-32-23)26(31)27-14-7-15-29-16-13-20-8-4-5-11-22(20)19-29/h1-6,8-12,17-18H,7,13-16,19H2,(H,27,31)(H,28,30)/b24-18-. The molecule has 5 nitrogen and oxygen atoms in total. The van der Waals surface area contributed by atoms with Gasteiger partial charge in [-0.05, 0) is 53.6 Å². The fourth-order valence-corrected chi connectivity index (χ4v) is 4.46. The third kappa shape index (κ3) is 5.93. The van der Waals surface area contributed by atoms with Crippen LogP contribution >= 0.6 is 11.3 Å². The van der Waals surface area contributed by atoms with E-state index in [9.17, 15) is 9.59 Å². The van der Waals surface area contributed by atoms with Crippen LogP contribution < -0.4 is 10.6 Å². The van der Waals surface area contributed by atoms with Crippen LogP contribution in [0.3, 0.4) is 0 Å². The van der Waals surface area contributed by atoms with E-state index >= 15 is 0 Å². The predicted molar refractivity (Wildman–Crippen MR) is 129 cm³/mol. The molecule has 2 amide bonds. The first kappa shape index (κ1) is 22.0. The summed E-state index contributed by atoms with van der Waals surface area (Å²) in [6.07, 6.45) is 3.65. The number of nitrogens with zero attached hydrogens (tertiary/aromatic N) is 1. The molecule has 3 aromatic rings. The fraction of sp³-hybridized carbons (Fsp3) is 0.231. The molecule has 0 saturated heterocycles. The summed E-state index contributed by atoms with van der Waals surface area (Å²) in [6, 6.07) is 21.3. The topological polar surface area (TPSA) is 61.4 Å². The van der Waals surface area contributed by atoms with E-state index in [2.05, 4.69) is 39.8 Å². The van der Waals surface area contributed by atoms with Gasteiger partial charge < -0.3 is 10.6 Å². The zero-order chi connectivity index (χ0) is 22.2. The van der Waals surface area contributed by atoms with Gasteiger partial charge in [-0.2, -0.15) is 0 Å². The smallest absolute Gasteiger partial charge is 0.267 e. The molecule has 0 atom stereocenters. The summed E-state index contributed by atoms with van der Waals surface area (Å²) in [5.74, 6) is -0.567. The molecule has 2 N–H and O–H groups in total. The summed E-state index contributed by atoms with van der Waals surface area (Å²) < 4.78 is 0. The Hall–Kier alpha value is -3.22. The largest absolute Gasteiger partial charge is 0.351 e. The van der Waals surface area contributed by atoms with Crippen LogP contribution in [0, 0.1) is 0 Å². The highest BCUT2D eigenvalue weighted by Gasteiger charge is 2.17. The van der Waals surface area contributed by atoms with Gasteiger partial charge in [-0.3, -0.25) is 14.5 Å². The zero-order valence-electron chi connectivity index (χ0n) is 17.9. The molecule has 0 bridgehead atoms. The van der Waals surface area contributed by atoms with Crippen LogP contribution in [0.5, 0.6) is 0 Å². The minimum Gasteiger partial charge on any atom is -0.351 e. The van der Waals surface area contributed by atoms with Crippen molar-refractivity contribution in [3.63, 3.8) is 0 Å². The van der Waals surface area contributed by atoms with E-state index in [0.29, 0.717) is 12.1 Å². The van der Waals surface area contributed by atoms with Crippen molar-refractivity contribution in [1.29, 1.82) is 0 Å². The Balaban J connectivity index is 1.31. The average Bonchev–Trinajstić information content (AvgIpc) is 3.35. The molecule has 164 valence electrons. The van der Waals surface area contributed by atoms with Crippen molar-refractivity contribution in [2.24, 2.45) is 0 Å². The van der Waals surface area contributed by atoms with Crippen LogP contribution in [0.2, 0.25) is 0 Å². The molecular formula is C26H27N3O2S. The molecule has 1 aromatic heterocycles. The van der Waals surface area contributed by atoms with Gasteiger partial charge in [-0.25, -0.2) is 0 Å². The molecule has 32 heavy (non-hydrogen) atoms. The number of benzene rings is 2. The molecule has 0 saturated carbocycles. The lowest BCUT2D eigenvalue weighted by molar-refractivity contribution is -0.117. The van der Waals surface area contributed by atoms with Gasteiger partial charge in [0.25, 0.3) is 11.8 Å². The van der Waals surface area contributed by atoms with E-state index < -0.39 is 0 Å². The van der Waals surface area contributed by atoms with Gasteiger partial charge in [0.2, 0.25) is 0 Å². The van der Waals surface area contributed by atoms with Gasteiger partial charge in [0, 0.05) is 36.6 Å².